The van der Waals surface area contributed by atoms with Crippen LogP contribution >= 0.6 is 0 Å². The lowest BCUT2D eigenvalue weighted by atomic mass is 10.2. The van der Waals surface area contributed by atoms with E-state index in [0.717, 1.165) is 12.8 Å². The number of oxazole rings is 1. The van der Waals surface area contributed by atoms with Crippen molar-refractivity contribution in [2.75, 3.05) is 31.1 Å². The summed E-state index contributed by atoms with van der Waals surface area (Å²) in [5.41, 5.74) is 0.845. The van der Waals surface area contributed by atoms with E-state index < -0.39 is 10.0 Å². The number of hydrogen-bond donors (Lipinski definition) is 0. The van der Waals surface area contributed by atoms with Gasteiger partial charge in [0.15, 0.2) is 0 Å². The number of morpholine rings is 1. The highest BCUT2D eigenvalue weighted by Crippen LogP contribution is 2.31. The van der Waals surface area contributed by atoms with E-state index in [1.165, 1.54) is 4.31 Å². The van der Waals surface area contributed by atoms with Gasteiger partial charge in [-0.05, 0) is 51.0 Å². The number of aromatic nitrogens is 1. The zero-order valence-corrected chi connectivity index (χ0v) is 17.4. The monoisotopic (exact) mass is 416 g/mol. The largest absolute Gasteiger partial charge is 0.419 e. The average Bonchev–Trinajstić information content (AvgIpc) is 3.37. The summed E-state index contributed by atoms with van der Waals surface area (Å²) in [5, 5.41) is 9.50. The smallest absolute Gasteiger partial charge is 0.243 e. The lowest BCUT2D eigenvalue weighted by Gasteiger charge is -2.34. The van der Waals surface area contributed by atoms with Crippen LogP contribution in [0.5, 0.6) is 0 Å². The van der Waals surface area contributed by atoms with E-state index in [4.69, 9.17) is 9.15 Å². The predicted molar refractivity (Wildman–Crippen MR) is 107 cm³/mol. The number of anilines is 1. The second kappa shape index (κ2) is 7.78. The molecule has 2 aliphatic rings. The molecule has 0 radical (unpaired) electrons. The van der Waals surface area contributed by atoms with Crippen LogP contribution in [0.2, 0.25) is 0 Å². The third-order valence-electron chi connectivity index (χ3n) is 5.23. The molecule has 0 N–H and O–H groups in total. The van der Waals surface area contributed by atoms with Crippen molar-refractivity contribution < 1.29 is 17.6 Å². The van der Waals surface area contributed by atoms with E-state index in [2.05, 4.69) is 11.1 Å². The quantitative estimate of drug-likeness (QED) is 0.755. The first-order chi connectivity index (χ1) is 13.9. The van der Waals surface area contributed by atoms with Crippen molar-refractivity contribution in [3.05, 3.63) is 30.0 Å². The molecule has 0 amide bonds. The summed E-state index contributed by atoms with van der Waals surface area (Å²) in [6.45, 7) is 6.31. The van der Waals surface area contributed by atoms with Crippen molar-refractivity contribution in [3.63, 3.8) is 0 Å². The first kappa shape index (κ1) is 19.9. The summed E-state index contributed by atoms with van der Waals surface area (Å²) in [6.07, 6.45) is 1.83. The Morgan fingerprint density at radius 3 is 2.31 bits per heavy atom. The third-order valence-corrected chi connectivity index (χ3v) is 7.14. The van der Waals surface area contributed by atoms with E-state index in [-0.39, 0.29) is 22.8 Å². The Hall–Kier alpha value is -2.41. The van der Waals surface area contributed by atoms with Gasteiger partial charge in [0.2, 0.25) is 27.5 Å². The molecular weight excluding hydrogens is 392 g/mol. The van der Waals surface area contributed by atoms with Gasteiger partial charge in [-0.25, -0.2) is 8.42 Å². The molecule has 2 fully saturated rings. The van der Waals surface area contributed by atoms with Gasteiger partial charge in [0.05, 0.1) is 17.1 Å². The van der Waals surface area contributed by atoms with Gasteiger partial charge in [-0.15, -0.1) is 0 Å². The number of sulfonamides is 1. The minimum atomic E-state index is -3.47. The van der Waals surface area contributed by atoms with Crippen molar-refractivity contribution >= 4 is 15.9 Å². The zero-order chi connectivity index (χ0) is 20.6. The van der Waals surface area contributed by atoms with Crippen LogP contribution in [0.1, 0.15) is 32.4 Å². The van der Waals surface area contributed by atoms with Gasteiger partial charge >= 0.3 is 0 Å². The number of nitrogens with zero attached hydrogens (tertiary/aromatic N) is 4. The molecule has 2 atom stereocenters. The second-order valence-electron chi connectivity index (χ2n) is 7.58. The van der Waals surface area contributed by atoms with E-state index in [1.54, 1.807) is 24.3 Å². The highest BCUT2D eigenvalue weighted by molar-refractivity contribution is 7.89. The van der Waals surface area contributed by atoms with Gasteiger partial charge < -0.3 is 14.1 Å². The lowest BCUT2D eigenvalue weighted by Crippen LogP contribution is -2.45. The Bertz CT molecular complexity index is 1010. The molecule has 0 bridgehead atoms. The highest BCUT2D eigenvalue weighted by atomic mass is 32.2. The first-order valence-corrected chi connectivity index (χ1v) is 11.2. The molecule has 154 valence electrons. The molecule has 0 aliphatic carbocycles. The summed E-state index contributed by atoms with van der Waals surface area (Å²) in [6, 6.07) is 8.57. The fourth-order valence-electron chi connectivity index (χ4n) is 3.91. The van der Waals surface area contributed by atoms with Crippen molar-refractivity contribution in [2.24, 2.45) is 0 Å². The molecule has 9 heteroatoms. The summed E-state index contributed by atoms with van der Waals surface area (Å²) >= 11 is 0. The van der Waals surface area contributed by atoms with Crippen molar-refractivity contribution in [1.82, 2.24) is 9.29 Å². The highest BCUT2D eigenvalue weighted by Gasteiger charge is 2.29. The summed E-state index contributed by atoms with van der Waals surface area (Å²) < 4.78 is 38.5. The number of nitriles is 1. The van der Waals surface area contributed by atoms with Crippen molar-refractivity contribution in [1.29, 1.82) is 5.26 Å². The molecule has 8 nitrogen and oxygen atoms in total. The SMILES string of the molecule is CC1CN(c2oc(-c3ccc(S(=O)(=O)N4CCCC4)cc3)nc2C#N)CC(C)O1. The maximum Gasteiger partial charge on any atom is 0.243 e. The Kier molecular flexibility index (Phi) is 5.34. The normalized spacial score (nSPS) is 23.3. The van der Waals surface area contributed by atoms with Crippen molar-refractivity contribution in [3.8, 4) is 17.5 Å². The van der Waals surface area contributed by atoms with Gasteiger partial charge in [-0.3, -0.25) is 0 Å². The summed E-state index contributed by atoms with van der Waals surface area (Å²) in [7, 11) is -3.47. The second-order valence-corrected chi connectivity index (χ2v) is 9.52. The molecule has 2 aliphatic heterocycles. The Balaban J connectivity index is 1.61. The van der Waals surface area contributed by atoms with Crippen LogP contribution in [0.3, 0.4) is 0 Å². The van der Waals surface area contributed by atoms with Crippen LogP contribution in [-0.4, -0.2) is 56.1 Å². The summed E-state index contributed by atoms with van der Waals surface area (Å²) in [5.74, 6) is 0.728. The zero-order valence-electron chi connectivity index (χ0n) is 16.5. The molecule has 4 rings (SSSR count). The molecule has 2 aromatic rings. The maximum absolute atomic E-state index is 12.7. The molecule has 0 saturated carbocycles. The van der Waals surface area contributed by atoms with Crippen LogP contribution < -0.4 is 4.90 Å². The standard InChI is InChI=1S/C20H24N4O4S/c1-14-12-23(13-15(2)27-14)20-18(11-21)22-19(28-20)16-5-7-17(8-6-16)29(25,26)24-9-3-4-10-24/h5-8,14-15H,3-4,9-10,12-13H2,1-2H3. The fraction of sp³-hybridized carbons (Fsp3) is 0.500. The molecule has 1 aromatic heterocycles. The van der Waals surface area contributed by atoms with Crippen molar-refractivity contribution in [2.45, 2.75) is 43.8 Å². The number of benzene rings is 1. The van der Waals surface area contributed by atoms with Crippen LogP contribution in [0.25, 0.3) is 11.5 Å². The number of hydrogen-bond acceptors (Lipinski definition) is 7. The Morgan fingerprint density at radius 1 is 1.10 bits per heavy atom. The van der Waals surface area contributed by atoms with Gasteiger partial charge in [0, 0.05) is 31.7 Å². The minimum Gasteiger partial charge on any atom is -0.419 e. The minimum absolute atomic E-state index is 0.0221. The van der Waals surface area contributed by atoms with Gasteiger partial charge in [0.1, 0.15) is 6.07 Å². The average molecular weight is 417 g/mol. The van der Waals surface area contributed by atoms with Gasteiger partial charge in [-0.1, -0.05) is 0 Å². The summed E-state index contributed by atoms with van der Waals surface area (Å²) in [4.78, 5) is 6.55. The number of ether oxygens (including phenoxy) is 1. The van der Waals surface area contributed by atoms with Gasteiger partial charge in [0.25, 0.3) is 0 Å². The third kappa shape index (κ3) is 3.88. The van der Waals surface area contributed by atoms with E-state index in [0.29, 0.717) is 43.5 Å². The first-order valence-electron chi connectivity index (χ1n) is 9.80. The van der Waals surface area contributed by atoms with E-state index in [1.807, 2.05) is 18.7 Å². The molecule has 2 unspecified atom stereocenters. The molecule has 29 heavy (non-hydrogen) atoms. The predicted octanol–water partition coefficient (Wildman–Crippen LogP) is 2.61. The van der Waals surface area contributed by atoms with E-state index in [9.17, 15) is 13.7 Å². The fourth-order valence-corrected chi connectivity index (χ4v) is 5.43. The maximum atomic E-state index is 12.7. The Morgan fingerprint density at radius 2 is 1.72 bits per heavy atom. The van der Waals surface area contributed by atoms with Crippen LogP contribution in [-0.2, 0) is 14.8 Å². The lowest BCUT2D eigenvalue weighted by molar-refractivity contribution is -0.00638. The van der Waals surface area contributed by atoms with Crippen LogP contribution in [0.4, 0.5) is 5.88 Å². The van der Waals surface area contributed by atoms with Gasteiger partial charge in [-0.2, -0.15) is 14.6 Å². The molecule has 1 aromatic carbocycles. The number of rotatable bonds is 4. The molecule has 0 spiro atoms. The molecule has 3 heterocycles. The van der Waals surface area contributed by atoms with E-state index >= 15 is 0 Å². The topological polar surface area (TPSA) is 99.7 Å². The molecular formula is C20H24N4O4S. The molecule has 2 saturated heterocycles. The van der Waals surface area contributed by atoms with Crippen LogP contribution in [0.15, 0.2) is 33.6 Å². The Labute approximate surface area is 170 Å². The van der Waals surface area contributed by atoms with Crippen LogP contribution in [0, 0.1) is 11.3 Å².